The molecule has 0 bridgehead atoms. The first-order valence-corrected chi connectivity index (χ1v) is 6.96. The van der Waals surface area contributed by atoms with Gasteiger partial charge in [0.2, 0.25) is 0 Å². The van der Waals surface area contributed by atoms with Gasteiger partial charge in [0.15, 0.2) is 0 Å². The average Bonchev–Trinajstić information content (AvgIpc) is 2.48. The third-order valence-electron chi connectivity index (χ3n) is 4.34. The summed E-state index contributed by atoms with van der Waals surface area (Å²) in [7, 11) is 20.6. The third kappa shape index (κ3) is 1.62. The van der Waals surface area contributed by atoms with Gasteiger partial charge in [-0.3, -0.25) is 0 Å². The van der Waals surface area contributed by atoms with Crippen LogP contribution in [-0.2, 0) is 0 Å². The van der Waals surface area contributed by atoms with Gasteiger partial charge in [-0.05, 0) is 32.3 Å². The van der Waals surface area contributed by atoms with Crippen molar-refractivity contribution in [3.63, 3.8) is 0 Å². The Labute approximate surface area is 128 Å². The maximum absolute atomic E-state index is 6.24. The van der Waals surface area contributed by atoms with E-state index in [1.165, 1.54) is 5.39 Å². The molecule has 4 aromatic rings. The van der Waals surface area contributed by atoms with E-state index in [4.69, 9.17) is 23.5 Å². The predicted octanol–water partition coefficient (Wildman–Crippen LogP) is 0.343. The van der Waals surface area contributed by atoms with Crippen LogP contribution in [0.1, 0.15) is 0 Å². The van der Waals surface area contributed by atoms with Crippen molar-refractivity contribution < 1.29 is 0 Å². The molecule has 4 rings (SSSR count). The van der Waals surface area contributed by atoms with Crippen molar-refractivity contribution in [1.29, 1.82) is 0 Å². The number of rotatable bonds is 1. The second-order valence-electron chi connectivity index (χ2n) is 5.47. The minimum absolute atomic E-state index is 0.707. The molecule has 0 unspecified atom stereocenters. The van der Waals surface area contributed by atoms with Gasteiger partial charge in [-0.2, -0.15) is 0 Å². The smallest absolute Gasteiger partial charge is 0.0895 e. The summed E-state index contributed by atoms with van der Waals surface area (Å²) in [6.07, 6.45) is 0. The Hall–Kier alpha value is -1.82. The van der Waals surface area contributed by atoms with E-state index in [2.05, 4.69) is 19.4 Å². The second kappa shape index (κ2) is 4.34. The van der Waals surface area contributed by atoms with Crippen LogP contribution >= 0.6 is 0 Å². The van der Waals surface area contributed by atoms with Crippen LogP contribution in [-0.4, -0.2) is 30.8 Å². The van der Waals surface area contributed by atoms with Crippen LogP contribution in [0.5, 0.6) is 0 Å². The molecule has 4 aromatic carbocycles. The van der Waals surface area contributed by atoms with E-state index in [9.17, 15) is 0 Å². The molecule has 0 aliphatic rings. The van der Waals surface area contributed by atoms with Gasteiger partial charge in [0.25, 0.3) is 0 Å². The molecule has 0 aliphatic carbocycles. The third-order valence-corrected chi connectivity index (χ3v) is 4.34. The fraction of sp³-hybridized carbons (Fsp3) is 0.0588. The first-order valence-electron chi connectivity index (χ1n) is 6.96. The maximum atomic E-state index is 6.24. The van der Waals surface area contributed by atoms with E-state index in [1.54, 1.807) is 0 Å². The van der Waals surface area contributed by atoms with Gasteiger partial charge in [-0.25, -0.2) is 0 Å². The van der Waals surface area contributed by atoms with Crippen molar-refractivity contribution >= 4 is 85.0 Å². The molecular weight excluding hydrogens is 247 g/mol. The van der Waals surface area contributed by atoms with E-state index in [1.807, 2.05) is 31.1 Å². The van der Waals surface area contributed by atoms with Gasteiger partial charge in [0.05, 0.1) is 0 Å². The maximum Gasteiger partial charge on any atom is 0.149 e. The Bertz CT molecular complexity index is 983. The summed E-state index contributed by atoms with van der Waals surface area (Å²) < 4.78 is 0. The summed E-state index contributed by atoms with van der Waals surface area (Å²) in [6, 6.07) is 12.1. The normalized spacial score (nSPS) is 11.7. The Kier molecular flexibility index (Phi) is 2.66. The SMILES string of the molecule is [B]c1cc([B])c2ccc3c([B]C)cc([B])c4ccc1c2c43. The van der Waals surface area contributed by atoms with Crippen LogP contribution < -0.4 is 21.9 Å². The van der Waals surface area contributed by atoms with Crippen molar-refractivity contribution in [2.75, 3.05) is 0 Å². The van der Waals surface area contributed by atoms with E-state index in [0.717, 1.165) is 37.9 Å². The quantitative estimate of drug-likeness (QED) is 0.340. The van der Waals surface area contributed by atoms with E-state index < -0.39 is 0 Å². The summed E-state index contributed by atoms with van der Waals surface area (Å²) >= 11 is 0. The molecule has 0 saturated carbocycles. The lowest BCUT2D eigenvalue weighted by Crippen LogP contribution is -2.22. The zero-order valence-corrected chi connectivity index (χ0v) is 11.8. The van der Waals surface area contributed by atoms with Crippen molar-refractivity contribution in [3.8, 4) is 0 Å². The summed E-state index contributed by atoms with van der Waals surface area (Å²) in [5, 5.41) is 6.56. The molecule has 0 spiro atoms. The first kappa shape index (κ1) is 12.9. The van der Waals surface area contributed by atoms with Crippen LogP contribution in [0.15, 0.2) is 36.4 Å². The molecule has 0 amide bonds. The van der Waals surface area contributed by atoms with Crippen LogP contribution in [0.3, 0.4) is 0 Å². The fourth-order valence-corrected chi connectivity index (χ4v) is 3.34. The standard InChI is InChI=1S/C17H9B4/c1-21-15-7-14(20)10-3-2-8-12(18)6-13(19)9-4-5-11(15)17(10)16(8)9/h2-7H,1H3. The largest absolute Gasteiger partial charge is 0.149 e. The zero-order valence-electron chi connectivity index (χ0n) is 11.8. The van der Waals surface area contributed by atoms with Gasteiger partial charge >= 0.3 is 0 Å². The summed E-state index contributed by atoms with van der Waals surface area (Å²) in [5.41, 5.74) is 3.33. The molecule has 0 heterocycles. The van der Waals surface area contributed by atoms with Gasteiger partial charge in [-0.15, -0.1) is 0 Å². The molecule has 0 saturated heterocycles. The molecule has 0 aliphatic heterocycles. The number of hydrogen-bond donors (Lipinski definition) is 0. The van der Waals surface area contributed by atoms with Gasteiger partial charge in [0, 0.05) is 0 Å². The van der Waals surface area contributed by atoms with E-state index in [0.29, 0.717) is 10.9 Å². The molecule has 0 atom stereocenters. The average molecular weight is 257 g/mol. The minimum Gasteiger partial charge on any atom is -0.0895 e. The van der Waals surface area contributed by atoms with Crippen molar-refractivity contribution in [2.24, 2.45) is 0 Å². The lowest BCUT2D eigenvalue weighted by molar-refractivity contribution is 1.87. The topological polar surface area (TPSA) is 0 Å². The fourth-order valence-electron chi connectivity index (χ4n) is 3.34. The second-order valence-corrected chi connectivity index (χ2v) is 5.47. The zero-order chi connectivity index (χ0) is 14.7. The van der Waals surface area contributed by atoms with E-state index in [-0.39, 0.29) is 0 Å². The van der Waals surface area contributed by atoms with Crippen molar-refractivity contribution in [1.82, 2.24) is 0 Å². The van der Waals surface area contributed by atoms with Crippen molar-refractivity contribution in [2.45, 2.75) is 6.82 Å². The van der Waals surface area contributed by atoms with Gasteiger partial charge in [-0.1, -0.05) is 65.1 Å². The number of hydrogen-bond acceptors (Lipinski definition) is 0. The minimum atomic E-state index is 0.707. The van der Waals surface area contributed by atoms with Crippen LogP contribution in [0, 0.1) is 0 Å². The molecule has 21 heavy (non-hydrogen) atoms. The summed E-state index contributed by atoms with van der Waals surface area (Å²) in [6.45, 7) is 2.02. The van der Waals surface area contributed by atoms with Gasteiger partial charge < -0.3 is 0 Å². The molecular formula is C17H9B4. The Morgan fingerprint density at radius 3 is 1.62 bits per heavy atom. The van der Waals surface area contributed by atoms with Crippen molar-refractivity contribution in [3.05, 3.63) is 36.4 Å². The lowest BCUT2D eigenvalue weighted by Gasteiger charge is -2.18. The summed E-state index contributed by atoms with van der Waals surface area (Å²) in [4.78, 5) is 0. The van der Waals surface area contributed by atoms with Crippen LogP contribution in [0.25, 0.3) is 32.3 Å². The highest BCUT2D eigenvalue weighted by Gasteiger charge is 2.13. The monoisotopic (exact) mass is 257 g/mol. The molecule has 0 aromatic heterocycles. The summed E-state index contributed by atoms with van der Waals surface area (Å²) in [5.74, 6) is 0. The van der Waals surface area contributed by atoms with Crippen LogP contribution in [0.4, 0.5) is 0 Å². The highest BCUT2D eigenvalue weighted by molar-refractivity contribution is 6.60. The number of benzene rings is 4. The highest BCUT2D eigenvalue weighted by atomic mass is 14.1. The molecule has 0 N–H and O–H groups in total. The predicted molar refractivity (Wildman–Crippen MR) is 97.6 cm³/mol. The molecule has 4 heteroatoms. The Morgan fingerprint density at radius 1 is 0.667 bits per heavy atom. The molecule has 0 fully saturated rings. The Balaban J connectivity index is 2.42. The molecule has 0 nitrogen and oxygen atoms in total. The molecule has 7 radical (unpaired) electrons. The molecule has 89 valence electrons. The van der Waals surface area contributed by atoms with E-state index >= 15 is 0 Å². The highest BCUT2D eigenvalue weighted by Crippen LogP contribution is 2.31. The van der Waals surface area contributed by atoms with Crippen LogP contribution in [0.2, 0.25) is 6.82 Å². The lowest BCUT2D eigenvalue weighted by atomic mass is 9.67. The first-order chi connectivity index (χ1) is 10.1. The van der Waals surface area contributed by atoms with Gasteiger partial charge in [0.1, 0.15) is 30.8 Å². The Morgan fingerprint density at radius 2 is 1.10 bits per heavy atom.